The van der Waals surface area contributed by atoms with Crippen LogP contribution < -0.4 is 9.47 Å². The summed E-state index contributed by atoms with van der Waals surface area (Å²) in [6.07, 6.45) is 2.28. The molecule has 4 rings (SSSR count). The number of hydrogen-bond acceptors (Lipinski definition) is 6. The first-order chi connectivity index (χ1) is 16.8. The van der Waals surface area contributed by atoms with Crippen LogP contribution in [0.1, 0.15) is 58.6 Å². The standard InChI is InChI=1S/C28H39NO6/c1-16(2)9-11-34-21-8-7-19(15-23(21)33-6)25-24-26(30)20-13-17(3)18(4)14-22(20)35-27(24)28(31)29(25)10-12-32-5/h7-8,15-18,20,22,25H,9-14H2,1-6H3. The molecule has 0 aromatic heterocycles. The second-order valence-electron chi connectivity index (χ2n) is 10.6. The van der Waals surface area contributed by atoms with Crippen LogP contribution in [0.25, 0.3) is 0 Å². The van der Waals surface area contributed by atoms with Crippen molar-refractivity contribution in [2.75, 3.05) is 34.0 Å². The Morgan fingerprint density at radius 2 is 1.80 bits per heavy atom. The molecule has 1 aliphatic carbocycles. The molecule has 0 radical (unpaired) electrons. The minimum absolute atomic E-state index is 0.0458. The van der Waals surface area contributed by atoms with E-state index in [0.29, 0.717) is 54.6 Å². The van der Waals surface area contributed by atoms with E-state index in [1.165, 1.54) is 0 Å². The molecule has 5 unspecified atom stereocenters. The zero-order valence-electron chi connectivity index (χ0n) is 21.8. The van der Waals surface area contributed by atoms with Crippen LogP contribution in [-0.2, 0) is 19.1 Å². The lowest BCUT2D eigenvalue weighted by Gasteiger charge is -2.40. The topological polar surface area (TPSA) is 74.3 Å². The maximum absolute atomic E-state index is 13.9. The van der Waals surface area contributed by atoms with Crippen molar-refractivity contribution in [2.24, 2.45) is 23.7 Å². The lowest BCUT2D eigenvalue weighted by molar-refractivity contribution is -0.137. The van der Waals surface area contributed by atoms with Gasteiger partial charge < -0.3 is 23.8 Å². The van der Waals surface area contributed by atoms with Crippen molar-refractivity contribution < 1.29 is 28.5 Å². The molecule has 1 fully saturated rings. The number of hydrogen-bond donors (Lipinski definition) is 0. The van der Waals surface area contributed by atoms with Crippen LogP contribution >= 0.6 is 0 Å². The zero-order valence-corrected chi connectivity index (χ0v) is 21.8. The normalized spacial score (nSPS) is 28.2. The van der Waals surface area contributed by atoms with Crippen molar-refractivity contribution in [1.82, 2.24) is 4.90 Å². The van der Waals surface area contributed by atoms with Crippen LogP contribution in [0.15, 0.2) is 29.5 Å². The van der Waals surface area contributed by atoms with Crippen LogP contribution in [0.3, 0.4) is 0 Å². The summed E-state index contributed by atoms with van der Waals surface area (Å²) in [7, 11) is 3.21. The molecule has 0 saturated heterocycles. The Kier molecular flexibility index (Phi) is 7.74. The summed E-state index contributed by atoms with van der Waals surface area (Å²) in [5, 5.41) is 0. The molecule has 5 atom stereocenters. The Labute approximate surface area is 208 Å². The highest BCUT2D eigenvalue weighted by atomic mass is 16.5. The highest BCUT2D eigenvalue weighted by molar-refractivity contribution is 6.11. The largest absolute Gasteiger partial charge is 0.493 e. The molecule has 1 aromatic rings. The van der Waals surface area contributed by atoms with E-state index in [-0.39, 0.29) is 29.5 Å². The van der Waals surface area contributed by atoms with Gasteiger partial charge in [-0.2, -0.15) is 0 Å². The van der Waals surface area contributed by atoms with Crippen molar-refractivity contribution in [3.05, 3.63) is 35.1 Å². The molecule has 192 valence electrons. The first kappa shape index (κ1) is 25.5. The van der Waals surface area contributed by atoms with Crippen molar-refractivity contribution in [2.45, 2.75) is 59.1 Å². The molecule has 7 nitrogen and oxygen atoms in total. The Hall–Kier alpha value is -2.54. The van der Waals surface area contributed by atoms with Gasteiger partial charge in [-0.3, -0.25) is 9.59 Å². The second kappa shape index (κ2) is 10.6. The molecule has 0 bridgehead atoms. The third-order valence-corrected chi connectivity index (χ3v) is 7.80. The third-order valence-electron chi connectivity index (χ3n) is 7.80. The first-order valence-corrected chi connectivity index (χ1v) is 12.8. The zero-order chi connectivity index (χ0) is 25.3. The van der Waals surface area contributed by atoms with Crippen molar-refractivity contribution in [3.8, 4) is 11.5 Å². The first-order valence-electron chi connectivity index (χ1n) is 12.8. The number of nitrogens with zero attached hydrogens (tertiary/aromatic N) is 1. The number of ether oxygens (including phenoxy) is 4. The predicted octanol–water partition coefficient (Wildman–Crippen LogP) is 4.55. The minimum atomic E-state index is -0.533. The van der Waals surface area contributed by atoms with Gasteiger partial charge in [0.05, 0.1) is 37.9 Å². The maximum atomic E-state index is 13.9. The highest BCUT2D eigenvalue weighted by Gasteiger charge is 2.53. The van der Waals surface area contributed by atoms with E-state index in [2.05, 4.69) is 27.7 Å². The lowest BCUT2D eigenvalue weighted by atomic mass is 9.70. The lowest BCUT2D eigenvalue weighted by Crippen LogP contribution is -2.43. The van der Waals surface area contributed by atoms with Gasteiger partial charge in [0, 0.05) is 13.7 Å². The van der Waals surface area contributed by atoms with Crippen molar-refractivity contribution >= 4 is 11.7 Å². The van der Waals surface area contributed by atoms with E-state index in [0.717, 1.165) is 24.8 Å². The van der Waals surface area contributed by atoms with Gasteiger partial charge in [0.1, 0.15) is 6.10 Å². The number of benzene rings is 1. The number of amides is 1. The van der Waals surface area contributed by atoms with Crippen LogP contribution in [0.5, 0.6) is 11.5 Å². The molecule has 7 heteroatoms. The summed E-state index contributed by atoms with van der Waals surface area (Å²) in [5.41, 5.74) is 1.28. The van der Waals surface area contributed by atoms with Crippen molar-refractivity contribution in [3.63, 3.8) is 0 Å². The van der Waals surface area contributed by atoms with Gasteiger partial charge in [0.2, 0.25) is 0 Å². The molecule has 0 N–H and O–H groups in total. The van der Waals surface area contributed by atoms with E-state index in [4.69, 9.17) is 18.9 Å². The Bertz CT molecular complexity index is 986. The third kappa shape index (κ3) is 4.92. The van der Waals surface area contributed by atoms with E-state index in [1.807, 2.05) is 18.2 Å². The van der Waals surface area contributed by atoms with Crippen LogP contribution in [0.4, 0.5) is 0 Å². The molecular weight excluding hydrogens is 446 g/mol. The predicted molar refractivity (Wildman–Crippen MR) is 132 cm³/mol. The van der Waals surface area contributed by atoms with Gasteiger partial charge in [-0.05, 0) is 54.7 Å². The molecule has 3 aliphatic rings. The van der Waals surface area contributed by atoms with E-state index >= 15 is 0 Å². The van der Waals surface area contributed by atoms with Crippen LogP contribution in [-0.4, -0.2) is 56.7 Å². The monoisotopic (exact) mass is 485 g/mol. The number of methoxy groups -OCH3 is 2. The fourth-order valence-electron chi connectivity index (χ4n) is 5.45. The van der Waals surface area contributed by atoms with Gasteiger partial charge in [0.25, 0.3) is 5.91 Å². The summed E-state index contributed by atoms with van der Waals surface area (Å²) in [5.74, 6) is 2.48. The van der Waals surface area contributed by atoms with Crippen LogP contribution in [0.2, 0.25) is 0 Å². The highest BCUT2D eigenvalue weighted by Crippen LogP contribution is 2.49. The summed E-state index contributed by atoms with van der Waals surface area (Å²) < 4.78 is 23.2. The Morgan fingerprint density at radius 3 is 2.49 bits per heavy atom. The van der Waals surface area contributed by atoms with Crippen LogP contribution in [0, 0.1) is 23.7 Å². The molecule has 35 heavy (non-hydrogen) atoms. The van der Waals surface area contributed by atoms with Gasteiger partial charge in [-0.15, -0.1) is 0 Å². The molecule has 1 aromatic carbocycles. The molecule has 2 heterocycles. The number of carbonyl (C=O) groups is 2. The Balaban J connectivity index is 1.69. The second-order valence-corrected chi connectivity index (χ2v) is 10.6. The summed E-state index contributed by atoms with van der Waals surface area (Å²) in [6, 6.07) is 5.14. The van der Waals surface area contributed by atoms with Gasteiger partial charge in [-0.25, -0.2) is 0 Å². The average Bonchev–Trinajstić information content (AvgIpc) is 3.10. The minimum Gasteiger partial charge on any atom is -0.493 e. The summed E-state index contributed by atoms with van der Waals surface area (Å²) >= 11 is 0. The fraction of sp³-hybridized carbons (Fsp3) is 0.643. The molecule has 1 saturated carbocycles. The van der Waals surface area contributed by atoms with E-state index < -0.39 is 6.04 Å². The SMILES string of the molecule is COCCN1C(=O)C2=C(C(=O)C3CC(C)C(C)CC3O2)C1c1ccc(OCCC(C)C)c(OC)c1. The number of carbonyl (C=O) groups excluding carboxylic acids is 2. The molecule has 0 spiro atoms. The van der Waals surface area contributed by atoms with Gasteiger partial charge in [0.15, 0.2) is 23.0 Å². The number of Topliss-reactive ketones (excluding diaryl/α,β-unsaturated/α-hetero) is 1. The average molecular weight is 486 g/mol. The van der Waals surface area contributed by atoms with Gasteiger partial charge in [-0.1, -0.05) is 33.8 Å². The fourth-order valence-corrected chi connectivity index (χ4v) is 5.45. The quantitative estimate of drug-likeness (QED) is 0.511. The maximum Gasteiger partial charge on any atom is 0.290 e. The molecular formula is C28H39NO6. The number of ketones is 1. The number of fused-ring (bicyclic) bond motifs is 1. The Morgan fingerprint density at radius 1 is 1.06 bits per heavy atom. The van der Waals surface area contributed by atoms with E-state index in [1.54, 1.807) is 19.1 Å². The molecule has 2 aliphatic heterocycles. The molecule has 1 amide bonds. The van der Waals surface area contributed by atoms with Gasteiger partial charge >= 0.3 is 0 Å². The summed E-state index contributed by atoms with van der Waals surface area (Å²) in [4.78, 5) is 29.1. The summed E-state index contributed by atoms with van der Waals surface area (Å²) in [6.45, 7) is 10.0. The van der Waals surface area contributed by atoms with E-state index in [9.17, 15) is 9.59 Å². The number of rotatable bonds is 9. The van der Waals surface area contributed by atoms with Crippen molar-refractivity contribution in [1.29, 1.82) is 0 Å². The smallest absolute Gasteiger partial charge is 0.290 e.